The molecule has 0 spiro atoms. The van der Waals surface area contributed by atoms with E-state index in [0.29, 0.717) is 24.3 Å². The molecule has 0 aliphatic carbocycles. The minimum atomic E-state index is 0.233. The van der Waals surface area contributed by atoms with Crippen LogP contribution in [0.15, 0.2) is 0 Å². The summed E-state index contributed by atoms with van der Waals surface area (Å²) in [6.07, 6.45) is 0.475. The summed E-state index contributed by atoms with van der Waals surface area (Å²) >= 11 is 0. The molecule has 23 heavy (non-hydrogen) atoms. The maximum Gasteiger partial charge on any atom is 0.227 e. The fraction of sp³-hybridized carbons (Fsp3) is 0.778. The molecule has 1 aliphatic rings. The molecule has 1 aromatic rings. The van der Waals surface area contributed by atoms with Gasteiger partial charge in [-0.2, -0.15) is 5.10 Å². The molecule has 2 atom stereocenters. The van der Waals surface area contributed by atoms with Crippen molar-refractivity contribution in [1.82, 2.24) is 19.6 Å². The zero-order valence-electron chi connectivity index (χ0n) is 15.8. The average Bonchev–Trinajstić information content (AvgIpc) is 2.94. The minimum Gasteiger partial charge on any atom is -0.341 e. The SMILES string of the molecule is Cc1nn(CC(C)C)c(C)c1CC(=O)N1CC(C)C(N(C)C)C1. The first-order chi connectivity index (χ1) is 10.7. The highest BCUT2D eigenvalue weighted by Crippen LogP contribution is 2.22. The van der Waals surface area contributed by atoms with E-state index in [9.17, 15) is 4.79 Å². The van der Waals surface area contributed by atoms with Crippen LogP contribution in [0.5, 0.6) is 0 Å². The molecular formula is C18H32N4O. The number of amides is 1. The molecule has 0 N–H and O–H groups in total. The third-order valence-corrected chi connectivity index (χ3v) is 4.99. The smallest absolute Gasteiger partial charge is 0.227 e. The van der Waals surface area contributed by atoms with Crippen LogP contribution in [0.3, 0.4) is 0 Å². The Bertz CT molecular complexity index is 562. The van der Waals surface area contributed by atoms with Gasteiger partial charge in [0.1, 0.15) is 0 Å². The first kappa shape index (κ1) is 18.0. The molecular weight excluding hydrogens is 288 g/mol. The Morgan fingerprint density at radius 1 is 1.30 bits per heavy atom. The topological polar surface area (TPSA) is 41.4 Å². The molecule has 1 saturated heterocycles. The highest BCUT2D eigenvalue weighted by atomic mass is 16.2. The Kier molecular flexibility index (Phi) is 5.50. The lowest BCUT2D eigenvalue weighted by molar-refractivity contribution is -0.129. The zero-order chi connectivity index (χ0) is 17.3. The quantitative estimate of drug-likeness (QED) is 0.834. The number of hydrogen-bond acceptors (Lipinski definition) is 3. The molecule has 2 unspecified atom stereocenters. The average molecular weight is 320 g/mol. The first-order valence-electron chi connectivity index (χ1n) is 8.67. The molecule has 1 aliphatic heterocycles. The van der Waals surface area contributed by atoms with Gasteiger partial charge in [0, 0.05) is 36.9 Å². The summed E-state index contributed by atoms with van der Waals surface area (Å²) in [4.78, 5) is 17.0. The third-order valence-electron chi connectivity index (χ3n) is 4.99. The van der Waals surface area contributed by atoms with Gasteiger partial charge in [0.05, 0.1) is 12.1 Å². The van der Waals surface area contributed by atoms with Crippen LogP contribution in [0.1, 0.15) is 37.7 Å². The lowest BCUT2D eigenvalue weighted by Gasteiger charge is -2.22. The number of aryl methyl sites for hydroxylation is 1. The van der Waals surface area contributed by atoms with Crippen molar-refractivity contribution in [2.45, 2.75) is 53.6 Å². The van der Waals surface area contributed by atoms with Gasteiger partial charge in [0.2, 0.25) is 5.91 Å². The fourth-order valence-electron chi connectivity index (χ4n) is 3.60. The summed E-state index contributed by atoms with van der Waals surface area (Å²) < 4.78 is 2.05. The van der Waals surface area contributed by atoms with Gasteiger partial charge in [-0.3, -0.25) is 9.48 Å². The Morgan fingerprint density at radius 3 is 2.48 bits per heavy atom. The lowest BCUT2D eigenvalue weighted by Crippen LogP contribution is -2.36. The Hall–Kier alpha value is -1.36. The van der Waals surface area contributed by atoms with Gasteiger partial charge in [-0.25, -0.2) is 0 Å². The molecule has 0 bridgehead atoms. The molecule has 1 amide bonds. The maximum atomic E-state index is 12.7. The monoisotopic (exact) mass is 320 g/mol. The van der Waals surface area contributed by atoms with Crippen molar-refractivity contribution in [3.05, 3.63) is 17.0 Å². The van der Waals surface area contributed by atoms with E-state index in [1.807, 2.05) is 11.8 Å². The van der Waals surface area contributed by atoms with Gasteiger partial charge in [0.25, 0.3) is 0 Å². The van der Waals surface area contributed by atoms with E-state index in [4.69, 9.17) is 0 Å². The number of nitrogens with zero attached hydrogens (tertiary/aromatic N) is 4. The first-order valence-corrected chi connectivity index (χ1v) is 8.67. The van der Waals surface area contributed by atoms with Crippen molar-refractivity contribution in [3.63, 3.8) is 0 Å². The predicted molar refractivity (Wildman–Crippen MR) is 93.5 cm³/mol. The zero-order valence-corrected chi connectivity index (χ0v) is 15.8. The number of likely N-dealkylation sites (tertiary alicyclic amines) is 1. The van der Waals surface area contributed by atoms with E-state index < -0.39 is 0 Å². The second-order valence-electron chi connectivity index (χ2n) is 7.71. The summed E-state index contributed by atoms with van der Waals surface area (Å²) in [6.45, 7) is 13.3. The number of rotatable bonds is 5. The minimum absolute atomic E-state index is 0.233. The Labute approximate surface area is 140 Å². The summed E-state index contributed by atoms with van der Waals surface area (Å²) in [7, 11) is 4.19. The molecule has 1 aromatic heterocycles. The highest BCUT2D eigenvalue weighted by molar-refractivity contribution is 5.79. The van der Waals surface area contributed by atoms with Crippen LogP contribution >= 0.6 is 0 Å². The number of carbonyl (C=O) groups excluding carboxylic acids is 1. The predicted octanol–water partition coefficient (Wildman–Crippen LogP) is 2.11. The largest absolute Gasteiger partial charge is 0.341 e. The number of hydrogen-bond donors (Lipinski definition) is 0. The van der Waals surface area contributed by atoms with Crippen molar-refractivity contribution >= 4 is 5.91 Å². The summed E-state index contributed by atoms with van der Waals surface area (Å²) in [5.74, 6) is 1.31. The van der Waals surface area contributed by atoms with Gasteiger partial charge < -0.3 is 9.80 Å². The molecule has 0 saturated carbocycles. The lowest BCUT2D eigenvalue weighted by atomic mass is 10.1. The van der Waals surface area contributed by atoms with Crippen LogP contribution in [0, 0.1) is 25.7 Å². The second kappa shape index (κ2) is 7.04. The third kappa shape index (κ3) is 3.94. The van der Waals surface area contributed by atoms with Gasteiger partial charge in [0.15, 0.2) is 0 Å². The van der Waals surface area contributed by atoms with Crippen LogP contribution in [0.2, 0.25) is 0 Å². The van der Waals surface area contributed by atoms with E-state index in [0.717, 1.165) is 36.6 Å². The van der Waals surface area contributed by atoms with Crippen molar-refractivity contribution in [3.8, 4) is 0 Å². The van der Waals surface area contributed by atoms with E-state index in [2.05, 4.69) is 56.5 Å². The van der Waals surface area contributed by atoms with Crippen LogP contribution in [0.25, 0.3) is 0 Å². The van der Waals surface area contributed by atoms with E-state index >= 15 is 0 Å². The number of likely N-dealkylation sites (N-methyl/N-ethyl adjacent to an activating group) is 1. The molecule has 2 rings (SSSR count). The van der Waals surface area contributed by atoms with Crippen LogP contribution in [-0.4, -0.2) is 58.7 Å². The van der Waals surface area contributed by atoms with Gasteiger partial charge in [-0.1, -0.05) is 20.8 Å². The van der Waals surface area contributed by atoms with Crippen LogP contribution in [-0.2, 0) is 17.8 Å². The maximum absolute atomic E-state index is 12.7. The molecule has 1 fully saturated rings. The summed E-state index contributed by atoms with van der Waals surface area (Å²) in [6, 6.07) is 0.463. The molecule has 2 heterocycles. The van der Waals surface area contributed by atoms with Gasteiger partial charge in [-0.05, 0) is 39.8 Å². The molecule has 5 heteroatoms. The molecule has 5 nitrogen and oxygen atoms in total. The van der Waals surface area contributed by atoms with E-state index in [1.165, 1.54) is 0 Å². The van der Waals surface area contributed by atoms with Crippen molar-refractivity contribution in [2.75, 3.05) is 27.2 Å². The summed E-state index contributed by atoms with van der Waals surface area (Å²) in [5, 5.41) is 4.63. The van der Waals surface area contributed by atoms with E-state index in [-0.39, 0.29) is 5.91 Å². The second-order valence-corrected chi connectivity index (χ2v) is 7.71. The highest BCUT2D eigenvalue weighted by Gasteiger charge is 2.33. The van der Waals surface area contributed by atoms with Gasteiger partial charge in [-0.15, -0.1) is 0 Å². The molecule has 0 aromatic carbocycles. The van der Waals surface area contributed by atoms with Crippen molar-refractivity contribution in [1.29, 1.82) is 0 Å². The van der Waals surface area contributed by atoms with Crippen molar-refractivity contribution < 1.29 is 4.79 Å². The van der Waals surface area contributed by atoms with E-state index in [1.54, 1.807) is 0 Å². The van der Waals surface area contributed by atoms with Crippen LogP contribution in [0.4, 0.5) is 0 Å². The summed E-state index contributed by atoms with van der Waals surface area (Å²) in [5.41, 5.74) is 3.24. The molecule has 0 radical (unpaired) electrons. The number of aromatic nitrogens is 2. The number of carbonyl (C=O) groups is 1. The fourth-order valence-corrected chi connectivity index (χ4v) is 3.60. The normalized spacial score (nSPS) is 21.7. The standard InChI is InChI=1S/C18H32N4O/c1-12(2)9-22-15(5)16(14(4)19-22)8-18(23)21-10-13(3)17(11-21)20(6)7/h12-13,17H,8-11H2,1-7H3. The Morgan fingerprint density at radius 2 is 1.96 bits per heavy atom. The van der Waals surface area contributed by atoms with Crippen LogP contribution < -0.4 is 0 Å². The van der Waals surface area contributed by atoms with Gasteiger partial charge >= 0.3 is 0 Å². The Balaban J connectivity index is 2.08. The molecule has 130 valence electrons. The van der Waals surface area contributed by atoms with Crippen molar-refractivity contribution in [2.24, 2.45) is 11.8 Å².